The molecule has 1 aliphatic rings. The van der Waals surface area contributed by atoms with E-state index in [9.17, 15) is 13.2 Å². The molecule has 1 atom stereocenters. The van der Waals surface area contributed by atoms with Crippen LogP contribution in [0.1, 0.15) is 13.3 Å². The van der Waals surface area contributed by atoms with Crippen molar-refractivity contribution >= 4 is 27.3 Å². The minimum Gasteiger partial charge on any atom is -0.348 e. The van der Waals surface area contributed by atoms with E-state index in [-0.39, 0.29) is 24.0 Å². The molecule has 0 aliphatic carbocycles. The maximum Gasteiger partial charge on any atom is 0.244 e. The van der Waals surface area contributed by atoms with Gasteiger partial charge in [-0.1, -0.05) is 23.7 Å². The van der Waals surface area contributed by atoms with E-state index in [1.54, 1.807) is 31.2 Å². The van der Waals surface area contributed by atoms with E-state index in [1.165, 1.54) is 0 Å². The molecule has 1 aliphatic heterocycles. The van der Waals surface area contributed by atoms with Crippen molar-refractivity contribution in [3.05, 3.63) is 29.3 Å². The maximum absolute atomic E-state index is 12.1. The van der Waals surface area contributed by atoms with Gasteiger partial charge >= 0.3 is 0 Å². The molecule has 0 unspecified atom stereocenters. The van der Waals surface area contributed by atoms with Crippen molar-refractivity contribution in [1.29, 1.82) is 0 Å². The molecule has 8 nitrogen and oxygen atoms in total. The van der Waals surface area contributed by atoms with Gasteiger partial charge in [0.15, 0.2) is 9.84 Å². The third-order valence-electron chi connectivity index (χ3n) is 3.80. The molecule has 2 aromatic rings. The topological polar surface area (TPSA) is 107 Å². The summed E-state index contributed by atoms with van der Waals surface area (Å²) in [5.74, 6) is -0.00980. The SMILES string of the molecule is C[C@]1(NC(=O)Cn2nnc(-c3ccccc3Cl)n2)CCS(=O)(=O)C1. The Morgan fingerprint density at radius 2 is 2.17 bits per heavy atom. The average molecular weight is 370 g/mol. The molecule has 1 saturated heterocycles. The fraction of sp³-hybridized carbons (Fsp3) is 0.429. The van der Waals surface area contributed by atoms with E-state index in [0.717, 1.165) is 4.80 Å². The Bertz CT molecular complexity index is 882. The second kappa shape index (κ2) is 6.14. The Kier molecular flexibility index (Phi) is 4.31. The van der Waals surface area contributed by atoms with Crippen molar-refractivity contribution in [2.45, 2.75) is 25.4 Å². The van der Waals surface area contributed by atoms with Gasteiger partial charge in [-0.15, -0.1) is 10.2 Å². The molecule has 1 aromatic heterocycles. The Labute approximate surface area is 144 Å². The number of hydrogen-bond acceptors (Lipinski definition) is 6. The number of halogens is 1. The Morgan fingerprint density at radius 3 is 2.83 bits per heavy atom. The van der Waals surface area contributed by atoms with Gasteiger partial charge < -0.3 is 5.32 Å². The molecule has 0 spiro atoms. The maximum atomic E-state index is 12.1. The zero-order chi connectivity index (χ0) is 17.4. The van der Waals surface area contributed by atoms with Crippen LogP contribution in [0.2, 0.25) is 5.02 Å². The van der Waals surface area contributed by atoms with Crippen LogP contribution in [0.25, 0.3) is 11.4 Å². The number of nitrogens with one attached hydrogen (secondary N) is 1. The number of sulfone groups is 1. The molecular weight excluding hydrogens is 354 g/mol. The Morgan fingerprint density at radius 1 is 1.42 bits per heavy atom. The molecular formula is C14H16ClN5O3S. The van der Waals surface area contributed by atoms with E-state index in [1.807, 2.05) is 0 Å². The monoisotopic (exact) mass is 369 g/mol. The third-order valence-corrected chi connectivity index (χ3v) is 6.03. The predicted octanol–water partition coefficient (Wildman–Crippen LogP) is 0.687. The summed E-state index contributed by atoms with van der Waals surface area (Å²) in [4.78, 5) is 13.3. The van der Waals surface area contributed by atoms with Crippen LogP contribution in [0.3, 0.4) is 0 Å². The molecule has 0 saturated carbocycles. The predicted molar refractivity (Wildman–Crippen MR) is 88.1 cm³/mol. The summed E-state index contributed by atoms with van der Waals surface area (Å²) in [7, 11) is -3.09. The van der Waals surface area contributed by atoms with Gasteiger partial charge in [-0.05, 0) is 30.7 Å². The van der Waals surface area contributed by atoms with Gasteiger partial charge in [-0.25, -0.2) is 8.42 Å². The zero-order valence-corrected chi connectivity index (χ0v) is 14.5. The van der Waals surface area contributed by atoms with Crippen LogP contribution >= 0.6 is 11.6 Å². The van der Waals surface area contributed by atoms with Gasteiger partial charge in [0.1, 0.15) is 6.54 Å². The summed E-state index contributed by atoms with van der Waals surface area (Å²) in [5.41, 5.74) is -0.123. The van der Waals surface area contributed by atoms with Gasteiger partial charge in [-0.3, -0.25) is 4.79 Å². The van der Waals surface area contributed by atoms with Crippen LogP contribution in [-0.2, 0) is 21.2 Å². The van der Waals surface area contributed by atoms with Gasteiger partial charge in [0.2, 0.25) is 11.7 Å². The summed E-state index contributed by atoms with van der Waals surface area (Å²) < 4.78 is 23.1. The zero-order valence-electron chi connectivity index (χ0n) is 12.9. The molecule has 0 bridgehead atoms. The third kappa shape index (κ3) is 3.73. The van der Waals surface area contributed by atoms with Gasteiger partial charge in [0.25, 0.3) is 0 Å². The van der Waals surface area contributed by atoms with Crippen LogP contribution in [0, 0.1) is 0 Å². The van der Waals surface area contributed by atoms with Crippen LogP contribution in [0.4, 0.5) is 0 Å². The molecule has 24 heavy (non-hydrogen) atoms. The Hall–Kier alpha value is -2.00. The van der Waals surface area contributed by atoms with Crippen LogP contribution in [0.5, 0.6) is 0 Å². The average Bonchev–Trinajstić information content (AvgIpc) is 3.03. The normalized spacial score (nSPS) is 22.4. The highest BCUT2D eigenvalue weighted by molar-refractivity contribution is 7.91. The molecule has 0 radical (unpaired) electrons. The van der Waals surface area contributed by atoms with Gasteiger partial charge in [-0.2, -0.15) is 4.80 Å². The number of benzene rings is 1. The van der Waals surface area contributed by atoms with Crippen molar-refractivity contribution in [2.75, 3.05) is 11.5 Å². The van der Waals surface area contributed by atoms with Crippen LogP contribution in [-0.4, -0.2) is 51.6 Å². The lowest BCUT2D eigenvalue weighted by Crippen LogP contribution is -2.48. The number of carbonyl (C=O) groups excluding carboxylic acids is 1. The largest absolute Gasteiger partial charge is 0.348 e. The quantitative estimate of drug-likeness (QED) is 0.849. The Balaban J connectivity index is 1.67. The first-order valence-corrected chi connectivity index (χ1v) is 9.50. The number of amides is 1. The van der Waals surface area contributed by atoms with E-state index < -0.39 is 15.4 Å². The van der Waals surface area contributed by atoms with E-state index in [2.05, 4.69) is 20.7 Å². The van der Waals surface area contributed by atoms with Crippen molar-refractivity contribution in [3.8, 4) is 11.4 Å². The number of rotatable bonds is 4. The minimum absolute atomic E-state index is 0.0542. The summed E-state index contributed by atoms with van der Waals surface area (Å²) in [6.07, 6.45) is 0.400. The number of carbonyl (C=O) groups is 1. The first-order chi connectivity index (χ1) is 11.3. The first-order valence-electron chi connectivity index (χ1n) is 7.31. The van der Waals surface area contributed by atoms with Crippen molar-refractivity contribution in [3.63, 3.8) is 0 Å². The highest BCUT2D eigenvalue weighted by atomic mass is 35.5. The second-order valence-electron chi connectivity index (χ2n) is 6.07. The van der Waals surface area contributed by atoms with Crippen molar-refractivity contribution in [2.24, 2.45) is 0 Å². The molecule has 10 heteroatoms. The second-order valence-corrected chi connectivity index (χ2v) is 8.67. The standard InChI is InChI=1S/C14H16ClN5O3S/c1-14(6-7-24(22,23)9-14)16-12(21)8-20-18-13(17-19-20)10-4-2-3-5-11(10)15/h2-5H,6-9H2,1H3,(H,16,21)/t14-/m0/s1. The van der Waals surface area contributed by atoms with Crippen molar-refractivity contribution in [1.82, 2.24) is 25.5 Å². The number of aromatic nitrogens is 4. The lowest BCUT2D eigenvalue weighted by Gasteiger charge is -2.23. The number of tetrazole rings is 1. The molecule has 3 rings (SSSR count). The molecule has 1 fully saturated rings. The highest BCUT2D eigenvalue weighted by Gasteiger charge is 2.39. The number of hydrogen-bond donors (Lipinski definition) is 1. The molecule has 2 heterocycles. The lowest BCUT2D eigenvalue weighted by molar-refractivity contribution is -0.123. The summed E-state index contributed by atoms with van der Waals surface area (Å²) in [6, 6.07) is 7.07. The van der Waals surface area contributed by atoms with E-state index in [4.69, 9.17) is 11.6 Å². The summed E-state index contributed by atoms with van der Waals surface area (Å²) >= 11 is 6.08. The minimum atomic E-state index is -3.09. The summed E-state index contributed by atoms with van der Waals surface area (Å²) in [6.45, 7) is 1.58. The summed E-state index contributed by atoms with van der Waals surface area (Å²) in [5, 5.41) is 15.1. The van der Waals surface area contributed by atoms with Gasteiger partial charge in [0, 0.05) is 5.56 Å². The fourth-order valence-electron chi connectivity index (χ4n) is 2.67. The molecule has 1 N–H and O–H groups in total. The molecule has 1 aromatic carbocycles. The molecule has 1 amide bonds. The van der Waals surface area contributed by atoms with Crippen LogP contribution < -0.4 is 5.32 Å². The highest BCUT2D eigenvalue weighted by Crippen LogP contribution is 2.24. The smallest absolute Gasteiger partial charge is 0.244 e. The van der Waals surface area contributed by atoms with Crippen molar-refractivity contribution < 1.29 is 13.2 Å². The lowest BCUT2D eigenvalue weighted by atomic mass is 10.0. The number of nitrogens with zero attached hydrogens (tertiary/aromatic N) is 4. The van der Waals surface area contributed by atoms with E-state index >= 15 is 0 Å². The molecule has 128 valence electrons. The van der Waals surface area contributed by atoms with Gasteiger partial charge in [0.05, 0.1) is 22.1 Å². The first kappa shape index (κ1) is 16.8. The van der Waals surface area contributed by atoms with Crippen LogP contribution in [0.15, 0.2) is 24.3 Å². The fourth-order valence-corrected chi connectivity index (χ4v) is 4.99. The van der Waals surface area contributed by atoms with E-state index in [0.29, 0.717) is 22.8 Å².